The smallest absolute Gasteiger partial charge is 0.255 e. The number of aromatic nitrogens is 1. The molecular formula is C12H7Br2ClN2O. The molecule has 1 aromatic heterocycles. The number of amides is 1. The number of nitrogens with zero attached hydrogens (tertiary/aromatic N) is 1. The highest BCUT2D eigenvalue weighted by atomic mass is 79.9. The topological polar surface area (TPSA) is 42.0 Å². The summed E-state index contributed by atoms with van der Waals surface area (Å²) in [7, 11) is 0. The summed E-state index contributed by atoms with van der Waals surface area (Å²) in [6.45, 7) is 0. The Morgan fingerprint density at radius 3 is 2.72 bits per heavy atom. The number of hydrogen-bond acceptors (Lipinski definition) is 2. The third-order valence-corrected chi connectivity index (χ3v) is 3.37. The van der Waals surface area contributed by atoms with Gasteiger partial charge in [0, 0.05) is 20.7 Å². The SMILES string of the molecule is O=C(Nc1cc(Br)cnc1Cl)c1cccc(Br)c1. The Kier molecular flexibility index (Phi) is 4.37. The van der Waals surface area contributed by atoms with Crippen LogP contribution in [0, 0.1) is 0 Å². The second kappa shape index (κ2) is 5.82. The summed E-state index contributed by atoms with van der Waals surface area (Å²) >= 11 is 12.5. The van der Waals surface area contributed by atoms with Gasteiger partial charge in [-0.2, -0.15) is 0 Å². The second-order valence-corrected chi connectivity index (χ2v) is 5.65. The van der Waals surface area contributed by atoms with Gasteiger partial charge >= 0.3 is 0 Å². The molecule has 1 heterocycles. The van der Waals surface area contributed by atoms with Gasteiger partial charge in [-0.3, -0.25) is 4.79 Å². The molecule has 0 saturated carbocycles. The Bertz CT molecular complexity index is 604. The minimum Gasteiger partial charge on any atom is -0.319 e. The average Bonchev–Trinajstić information content (AvgIpc) is 2.34. The molecule has 1 aromatic carbocycles. The van der Waals surface area contributed by atoms with Gasteiger partial charge in [0.15, 0.2) is 5.15 Å². The molecule has 2 rings (SSSR count). The molecule has 2 aromatic rings. The van der Waals surface area contributed by atoms with Crippen LogP contribution in [-0.2, 0) is 0 Å². The van der Waals surface area contributed by atoms with Crippen LogP contribution < -0.4 is 5.32 Å². The van der Waals surface area contributed by atoms with Crippen LogP contribution >= 0.6 is 43.5 Å². The third kappa shape index (κ3) is 3.31. The molecular weight excluding hydrogens is 383 g/mol. The van der Waals surface area contributed by atoms with E-state index in [1.165, 1.54) is 0 Å². The highest BCUT2D eigenvalue weighted by molar-refractivity contribution is 9.10. The van der Waals surface area contributed by atoms with Crippen LogP contribution in [0.4, 0.5) is 5.69 Å². The first kappa shape index (κ1) is 13.5. The predicted molar refractivity (Wildman–Crippen MR) is 79.0 cm³/mol. The number of carbonyl (C=O) groups is 1. The zero-order valence-electron chi connectivity index (χ0n) is 8.95. The number of benzene rings is 1. The average molecular weight is 390 g/mol. The molecule has 6 heteroatoms. The molecule has 0 saturated heterocycles. The highest BCUT2D eigenvalue weighted by Crippen LogP contribution is 2.23. The van der Waals surface area contributed by atoms with Crippen LogP contribution in [0.15, 0.2) is 45.5 Å². The fourth-order valence-corrected chi connectivity index (χ4v) is 2.22. The van der Waals surface area contributed by atoms with Crippen molar-refractivity contribution in [1.29, 1.82) is 0 Å². The molecule has 0 bridgehead atoms. The highest BCUT2D eigenvalue weighted by Gasteiger charge is 2.09. The quantitative estimate of drug-likeness (QED) is 0.767. The van der Waals surface area contributed by atoms with E-state index in [1.807, 2.05) is 6.07 Å². The van der Waals surface area contributed by atoms with Gasteiger partial charge in [-0.25, -0.2) is 4.98 Å². The van der Waals surface area contributed by atoms with Gasteiger partial charge in [-0.15, -0.1) is 0 Å². The molecule has 1 amide bonds. The standard InChI is InChI=1S/C12H7Br2ClN2O/c13-8-3-1-2-7(4-8)12(18)17-10-5-9(14)6-16-11(10)15/h1-6H,(H,17,18). The first-order valence-electron chi connectivity index (χ1n) is 4.94. The van der Waals surface area contributed by atoms with E-state index >= 15 is 0 Å². The number of carbonyl (C=O) groups excluding carboxylic acids is 1. The van der Waals surface area contributed by atoms with Crippen LogP contribution in [-0.4, -0.2) is 10.9 Å². The van der Waals surface area contributed by atoms with Crippen LogP contribution in [0.3, 0.4) is 0 Å². The van der Waals surface area contributed by atoms with E-state index < -0.39 is 0 Å². The van der Waals surface area contributed by atoms with Gasteiger partial charge in [-0.05, 0) is 40.2 Å². The van der Waals surface area contributed by atoms with E-state index in [2.05, 4.69) is 42.2 Å². The van der Waals surface area contributed by atoms with Crippen LogP contribution in [0.5, 0.6) is 0 Å². The number of pyridine rings is 1. The molecule has 18 heavy (non-hydrogen) atoms. The molecule has 0 aliphatic heterocycles. The second-order valence-electron chi connectivity index (χ2n) is 3.46. The van der Waals surface area contributed by atoms with E-state index in [-0.39, 0.29) is 11.1 Å². The minimum absolute atomic E-state index is 0.238. The third-order valence-electron chi connectivity index (χ3n) is 2.14. The van der Waals surface area contributed by atoms with Crippen molar-refractivity contribution in [3.05, 3.63) is 56.2 Å². The summed E-state index contributed by atoms with van der Waals surface area (Å²) in [6.07, 6.45) is 1.57. The van der Waals surface area contributed by atoms with Gasteiger partial charge < -0.3 is 5.32 Å². The summed E-state index contributed by atoms with van der Waals surface area (Å²) in [5.74, 6) is -0.238. The molecule has 0 radical (unpaired) electrons. The Balaban J connectivity index is 2.24. The molecule has 0 spiro atoms. The van der Waals surface area contributed by atoms with Gasteiger partial charge in [0.25, 0.3) is 5.91 Å². The number of hydrogen-bond donors (Lipinski definition) is 1. The van der Waals surface area contributed by atoms with E-state index in [9.17, 15) is 4.79 Å². The largest absolute Gasteiger partial charge is 0.319 e. The number of rotatable bonds is 2. The number of anilines is 1. The Hall–Kier alpha value is -0.910. The van der Waals surface area contributed by atoms with Crippen molar-refractivity contribution in [2.75, 3.05) is 5.32 Å². The van der Waals surface area contributed by atoms with Crippen LogP contribution in [0.1, 0.15) is 10.4 Å². The maximum atomic E-state index is 12.0. The molecule has 92 valence electrons. The summed E-state index contributed by atoms with van der Waals surface area (Å²) in [5.41, 5.74) is 1.01. The Labute approximate surface area is 126 Å². The first-order chi connectivity index (χ1) is 8.56. The van der Waals surface area contributed by atoms with Crippen molar-refractivity contribution < 1.29 is 4.79 Å². The van der Waals surface area contributed by atoms with Gasteiger partial charge in [-0.1, -0.05) is 33.6 Å². The van der Waals surface area contributed by atoms with Crippen molar-refractivity contribution >= 4 is 55.1 Å². The normalized spacial score (nSPS) is 10.2. The van der Waals surface area contributed by atoms with Crippen molar-refractivity contribution in [3.8, 4) is 0 Å². The van der Waals surface area contributed by atoms with Crippen molar-refractivity contribution in [3.63, 3.8) is 0 Å². The van der Waals surface area contributed by atoms with Gasteiger partial charge in [0.05, 0.1) is 5.69 Å². The molecule has 0 aliphatic rings. The monoisotopic (exact) mass is 388 g/mol. The van der Waals surface area contributed by atoms with E-state index in [0.717, 1.165) is 8.95 Å². The molecule has 0 atom stereocenters. The number of halogens is 3. The lowest BCUT2D eigenvalue weighted by molar-refractivity contribution is 0.102. The van der Waals surface area contributed by atoms with Gasteiger partial charge in [0.2, 0.25) is 0 Å². The van der Waals surface area contributed by atoms with E-state index in [1.54, 1.807) is 30.5 Å². The van der Waals surface area contributed by atoms with Gasteiger partial charge in [0.1, 0.15) is 0 Å². The molecule has 1 N–H and O–H groups in total. The number of nitrogens with one attached hydrogen (secondary N) is 1. The lowest BCUT2D eigenvalue weighted by Crippen LogP contribution is -2.12. The zero-order valence-corrected chi connectivity index (χ0v) is 12.9. The van der Waals surface area contributed by atoms with Crippen LogP contribution in [0.25, 0.3) is 0 Å². The maximum Gasteiger partial charge on any atom is 0.255 e. The lowest BCUT2D eigenvalue weighted by atomic mass is 10.2. The van der Waals surface area contributed by atoms with E-state index in [4.69, 9.17) is 11.6 Å². The zero-order chi connectivity index (χ0) is 13.1. The molecule has 0 fully saturated rings. The summed E-state index contributed by atoms with van der Waals surface area (Å²) in [6, 6.07) is 8.80. The fourth-order valence-electron chi connectivity index (χ4n) is 1.33. The molecule has 0 aliphatic carbocycles. The molecule has 3 nitrogen and oxygen atoms in total. The lowest BCUT2D eigenvalue weighted by Gasteiger charge is -2.07. The predicted octanol–water partition coefficient (Wildman–Crippen LogP) is 4.51. The first-order valence-corrected chi connectivity index (χ1v) is 6.90. The van der Waals surface area contributed by atoms with E-state index in [0.29, 0.717) is 11.3 Å². The van der Waals surface area contributed by atoms with Crippen molar-refractivity contribution in [2.45, 2.75) is 0 Å². The maximum absolute atomic E-state index is 12.0. The Morgan fingerprint density at radius 1 is 1.22 bits per heavy atom. The molecule has 0 unspecified atom stereocenters. The summed E-state index contributed by atoms with van der Waals surface area (Å²) in [4.78, 5) is 15.9. The minimum atomic E-state index is -0.238. The summed E-state index contributed by atoms with van der Waals surface area (Å²) in [5, 5.41) is 2.96. The van der Waals surface area contributed by atoms with Crippen LogP contribution in [0.2, 0.25) is 5.15 Å². The van der Waals surface area contributed by atoms with Crippen molar-refractivity contribution in [1.82, 2.24) is 4.98 Å². The van der Waals surface area contributed by atoms with Crippen molar-refractivity contribution in [2.24, 2.45) is 0 Å². The fraction of sp³-hybridized carbons (Fsp3) is 0. The summed E-state index contributed by atoms with van der Waals surface area (Å²) < 4.78 is 1.59. The Morgan fingerprint density at radius 2 is 2.00 bits per heavy atom.